The molecular weight excluding hydrogens is 262 g/mol. The number of carbonyl (C=O) groups excluding carboxylic acids is 2. The van der Waals surface area contributed by atoms with Crippen molar-refractivity contribution in [2.24, 2.45) is 5.92 Å². The number of ketones is 1. The minimum absolute atomic E-state index is 0.0872. The first kappa shape index (κ1) is 16.5. The molecule has 110 valence electrons. The van der Waals surface area contributed by atoms with Crippen molar-refractivity contribution < 1.29 is 14.3 Å². The molecule has 1 fully saturated rings. The van der Waals surface area contributed by atoms with Gasteiger partial charge in [-0.25, -0.2) is 0 Å². The number of ether oxygens (including phenoxy) is 1. The van der Waals surface area contributed by atoms with Gasteiger partial charge in [-0.05, 0) is 13.3 Å². The summed E-state index contributed by atoms with van der Waals surface area (Å²) >= 11 is 1.70. The van der Waals surface area contributed by atoms with Crippen LogP contribution in [0.5, 0.6) is 0 Å². The maximum Gasteiger partial charge on any atom is 0.239 e. The van der Waals surface area contributed by atoms with E-state index in [4.69, 9.17) is 4.74 Å². The molecule has 0 aromatic carbocycles. The number of thioether (sulfide) groups is 1. The molecule has 1 rings (SSSR count). The van der Waals surface area contributed by atoms with Crippen molar-refractivity contribution in [1.29, 1.82) is 0 Å². The van der Waals surface area contributed by atoms with Crippen LogP contribution in [-0.2, 0) is 14.3 Å². The monoisotopic (exact) mass is 287 g/mol. The van der Waals surface area contributed by atoms with E-state index in [0.29, 0.717) is 26.2 Å². The summed E-state index contributed by atoms with van der Waals surface area (Å²) in [5, 5.41) is 0. The van der Waals surface area contributed by atoms with E-state index < -0.39 is 0 Å². The Hall–Kier alpha value is -0.550. The highest BCUT2D eigenvalue weighted by Gasteiger charge is 2.47. The molecule has 1 atom stereocenters. The van der Waals surface area contributed by atoms with E-state index in [1.54, 1.807) is 16.7 Å². The molecule has 0 radical (unpaired) electrons. The van der Waals surface area contributed by atoms with Crippen molar-refractivity contribution in [2.75, 3.05) is 32.6 Å². The second-order valence-corrected chi connectivity index (χ2v) is 7.06. The highest BCUT2D eigenvalue weighted by atomic mass is 32.2. The molecule has 0 aromatic heterocycles. The largest absolute Gasteiger partial charge is 0.381 e. The van der Waals surface area contributed by atoms with E-state index >= 15 is 0 Å². The highest BCUT2D eigenvalue weighted by molar-refractivity contribution is 8.08. The van der Waals surface area contributed by atoms with Gasteiger partial charge >= 0.3 is 0 Å². The quantitative estimate of drug-likeness (QED) is 0.480. The third-order valence-electron chi connectivity index (χ3n) is 3.30. The lowest BCUT2D eigenvalue weighted by molar-refractivity contribution is -0.130. The van der Waals surface area contributed by atoms with Gasteiger partial charge in [0.25, 0.3) is 0 Å². The van der Waals surface area contributed by atoms with Crippen molar-refractivity contribution in [3.8, 4) is 0 Å². The lowest BCUT2D eigenvalue weighted by Gasteiger charge is -2.20. The van der Waals surface area contributed by atoms with Gasteiger partial charge in [-0.15, -0.1) is 11.8 Å². The van der Waals surface area contributed by atoms with Gasteiger partial charge in [0.05, 0.1) is 6.61 Å². The molecule has 1 amide bonds. The Labute approximate surface area is 120 Å². The third kappa shape index (κ3) is 5.53. The number of hydrogen-bond acceptors (Lipinski definition) is 4. The van der Waals surface area contributed by atoms with Crippen molar-refractivity contribution in [3.63, 3.8) is 0 Å². The van der Waals surface area contributed by atoms with E-state index in [9.17, 15) is 9.59 Å². The van der Waals surface area contributed by atoms with Crippen molar-refractivity contribution in [2.45, 2.75) is 38.4 Å². The smallest absolute Gasteiger partial charge is 0.239 e. The van der Waals surface area contributed by atoms with Crippen molar-refractivity contribution in [3.05, 3.63) is 0 Å². The predicted octanol–water partition coefficient (Wildman–Crippen LogP) is 1.97. The maximum absolute atomic E-state index is 11.9. The Morgan fingerprint density at radius 2 is 2.00 bits per heavy atom. The van der Waals surface area contributed by atoms with E-state index in [2.05, 4.69) is 0 Å². The molecule has 0 aromatic rings. The number of amides is 1. The van der Waals surface area contributed by atoms with Gasteiger partial charge in [0.15, 0.2) is 0 Å². The van der Waals surface area contributed by atoms with Crippen LogP contribution in [0, 0.1) is 5.92 Å². The highest BCUT2D eigenvalue weighted by Crippen LogP contribution is 2.45. The molecule has 5 heteroatoms. The van der Waals surface area contributed by atoms with Crippen LogP contribution in [-0.4, -0.2) is 53.9 Å². The Morgan fingerprint density at radius 3 is 2.53 bits per heavy atom. The van der Waals surface area contributed by atoms with Gasteiger partial charge in [0.1, 0.15) is 10.5 Å². The zero-order valence-corrected chi connectivity index (χ0v) is 13.2. The summed E-state index contributed by atoms with van der Waals surface area (Å²) in [6.07, 6.45) is 1.31. The second kappa shape index (κ2) is 7.29. The molecule has 1 aliphatic rings. The van der Waals surface area contributed by atoms with E-state index in [0.717, 1.165) is 12.2 Å². The van der Waals surface area contributed by atoms with Gasteiger partial charge in [0.2, 0.25) is 5.91 Å². The minimum atomic E-state index is -0.167. The zero-order valence-electron chi connectivity index (χ0n) is 12.4. The predicted molar refractivity (Wildman–Crippen MR) is 78.4 cm³/mol. The SMILES string of the molecule is CC(C)C(=O)CCOCCCN(C)C(=O)C1(C)CS1. The minimum Gasteiger partial charge on any atom is -0.381 e. The standard InChI is InChI=1S/C14H25NO3S/c1-11(2)12(16)6-9-18-8-5-7-15(4)13(17)14(3)10-19-14/h11H,5-10H2,1-4H3. The van der Waals surface area contributed by atoms with Crippen molar-refractivity contribution >= 4 is 23.5 Å². The molecular formula is C14H25NO3S. The lowest BCUT2D eigenvalue weighted by Crippen LogP contribution is -2.37. The van der Waals surface area contributed by atoms with Crippen LogP contribution in [0.2, 0.25) is 0 Å². The van der Waals surface area contributed by atoms with E-state index in [1.807, 2.05) is 27.8 Å². The molecule has 1 saturated heterocycles. The number of nitrogens with zero attached hydrogens (tertiary/aromatic N) is 1. The van der Waals surface area contributed by atoms with E-state index in [1.165, 1.54) is 0 Å². The molecule has 4 nitrogen and oxygen atoms in total. The number of Topliss-reactive ketones (excluding diaryl/α,β-unsaturated/α-hetero) is 1. The van der Waals surface area contributed by atoms with Gasteiger partial charge in [-0.2, -0.15) is 0 Å². The molecule has 0 spiro atoms. The second-order valence-electron chi connectivity index (χ2n) is 5.58. The molecule has 0 saturated carbocycles. The number of hydrogen-bond donors (Lipinski definition) is 0. The van der Waals surface area contributed by atoms with Crippen LogP contribution in [0.3, 0.4) is 0 Å². The summed E-state index contributed by atoms with van der Waals surface area (Å²) in [6, 6.07) is 0. The molecule has 1 aliphatic heterocycles. The molecule has 0 aliphatic carbocycles. The summed E-state index contributed by atoms with van der Waals surface area (Å²) < 4.78 is 5.25. The first-order valence-corrected chi connectivity index (χ1v) is 7.85. The molecule has 0 bridgehead atoms. The maximum atomic E-state index is 11.9. The number of rotatable bonds is 9. The summed E-state index contributed by atoms with van der Waals surface area (Å²) in [5.74, 6) is 1.48. The zero-order chi connectivity index (χ0) is 14.5. The average molecular weight is 287 g/mol. The van der Waals surface area contributed by atoms with Crippen LogP contribution in [0.25, 0.3) is 0 Å². The fraction of sp³-hybridized carbons (Fsp3) is 0.857. The fourth-order valence-electron chi connectivity index (χ4n) is 1.70. The Balaban J connectivity index is 2.02. The van der Waals surface area contributed by atoms with Crippen LogP contribution in [0.1, 0.15) is 33.6 Å². The topological polar surface area (TPSA) is 46.6 Å². The summed E-state index contributed by atoms with van der Waals surface area (Å²) in [4.78, 5) is 25.1. The molecule has 0 N–H and O–H groups in total. The summed E-state index contributed by atoms with van der Waals surface area (Å²) in [7, 11) is 1.84. The van der Waals surface area contributed by atoms with Crippen molar-refractivity contribution in [1.82, 2.24) is 4.90 Å². The van der Waals surface area contributed by atoms with Gasteiger partial charge < -0.3 is 9.64 Å². The first-order valence-electron chi connectivity index (χ1n) is 6.87. The van der Waals surface area contributed by atoms with Crippen LogP contribution < -0.4 is 0 Å². The lowest BCUT2D eigenvalue weighted by atomic mass is 10.1. The Bertz CT molecular complexity index is 327. The summed E-state index contributed by atoms with van der Waals surface area (Å²) in [6.45, 7) is 7.60. The van der Waals surface area contributed by atoms with E-state index in [-0.39, 0.29) is 22.4 Å². The van der Waals surface area contributed by atoms with Crippen LogP contribution in [0.15, 0.2) is 0 Å². The van der Waals surface area contributed by atoms with Gasteiger partial charge in [-0.1, -0.05) is 13.8 Å². The summed E-state index contributed by atoms with van der Waals surface area (Å²) in [5.41, 5.74) is 0. The van der Waals surface area contributed by atoms with Crippen LogP contribution in [0.4, 0.5) is 0 Å². The Kier molecular flexibility index (Phi) is 6.33. The average Bonchev–Trinajstić information content (AvgIpc) is 3.11. The third-order valence-corrected chi connectivity index (χ3v) is 4.62. The Morgan fingerprint density at radius 1 is 1.37 bits per heavy atom. The first-order chi connectivity index (χ1) is 8.87. The molecule has 19 heavy (non-hydrogen) atoms. The van der Waals surface area contributed by atoms with Gasteiger partial charge in [0, 0.05) is 38.3 Å². The van der Waals surface area contributed by atoms with Crippen LogP contribution >= 0.6 is 11.8 Å². The molecule has 1 unspecified atom stereocenters. The fourth-order valence-corrected chi connectivity index (χ4v) is 2.32. The normalized spacial score (nSPS) is 21.5. The molecule has 1 heterocycles. The van der Waals surface area contributed by atoms with Gasteiger partial charge in [-0.3, -0.25) is 9.59 Å². The number of carbonyl (C=O) groups is 2.